The Labute approximate surface area is 116 Å². The summed E-state index contributed by atoms with van der Waals surface area (Å²) in [7, 11) is 2.08. The van der Waals surface area contributed by atoms with Crippen LogP contribution in [0.25, 0.3) is 0 Å². The lowest BCUT2D eigenvalue weighted by Crippen LogP contribution is -2.37. The molecule has 1 saturated carbocycles. The predicted octanol–water partition coefficient (Wildman–Crippen LogP) is 3.36. The van der Waals surface area contributed by atoms with Crippen LogP contribution in [0.1, 0.15) is 69.2 Å². The van der Waals surface area contributed by atoms with Gasteiger partial charge in [-0.05, 0) is 50.9 Å². The number of rotatable bonds is 3. The molecule has 106 valence electrons. The van der Waals surface area contributed by atoms with Crippen molar-refractivity contribution in [3.63, 3.8) is 0 Å². The van der Waals surface area contributed by atoms with E-state index in [0.717, 1.165) is 12.0 Å². The fourth-order valence-corrected chi connectivity index (χ4v) is 3.90. The maximum Gasteiger partial charge on any atom is 0.0540 e. The molecule has 1 fully saturated rings. The van der Waals surface area contributed by atoms with Crippen LogP contribution in [0.4, 0.5) is 0 Å². The lowest BCUT2D eigenvalue weighted by atomic mass is 9.83. The van der Waals surface area contributed by atoms with Gasteiger partial charge >= 0.3 is 0 Å². The summed E-state index contributed by atoms with van der Waals surface area (Å²) in [5.74, 6) is 0.985. The molecule has 2 aliphatic rings. The minimum absolute atomic E-state index is 0.556. The van der Waals surface area contributed by atoms with Crippen LogP contribution in [0, 0.1) is 5.92 Å². The summed E-state index contributed by atoms with van der Waals surface area (Å²) in [5.41, 5.74) is 2.91. The molecule has 0 amide bonds. The van der Waals surface area contributed by atoms with E-state index in [1.165, 1.54) is 62.6 Å². The monoisotopic (exact) mass is 261 g/mol. The topological polar surface area (TPSA) is 29.9 Å². The average Bonchev–Trinajstić information content (AvgIpc) is 2.83. The zero-order valence-corrected chi connectivity index (χ0v) is 12.4. The van der Waals surface area contributed by atoms with Crippen molar-refractivity contribution in [3.05, 3.63) is 17.5 Å². The van der Waals surface area contributed by atoms with Crippen molar-refractivity contribution in [3.8, 4) is 0 Å². The predicted molar refractivity (Wildman–Crippen MR) is 78.1 cm³/mol. The molecule has 0 aliphatic heterocycles. The Morgan fingerprint density at radius 2 is 2.05 bits per heavy atom. The third-order valence-electron chi connectivity index (χ3n) is 5.24. The minimum atomic E-state index is 0.556. The first kappa shape index (κ1) is 13.2. The van der Waals surface area contributed by atoms with Crippen molar-refractivity contribution in [1.29, 1.82) is 0 Å². The van der Waals surface area contributed by atoms with Gasteiger partial charge in [-0.2, -0.15) is 5.10 Å². The number of aromatic nitrogens is 2. The summed E-state index contributed by atoms with van der Waals surface area (Å²) in [5, 5.41) is 8.36. The summed E-state index contributed by atoms with van der Waals surface area (Å²) in [6, 6.07) is 1.29. The van der Waals surface area contributed by atoms with Gasteiger partial charge in [0, 0.05) is 30.4 Å². The first-order valence-corrected chi connectivity index (χ1v) is 8.04. The van der Waals surface area contributed by atoms with Crippen molar-refractivity contribution >= 4 is 0 Å². The highest BCUT2D eigenvalue weighted by atomic mass is 15.3. The van der Waals surface area contributed by atoms with Gasteiger partial charge in [0.2, 0.25) is 0 Å². The Morgan fingerprint density at radius 1 is 1.26 bits per heavy atom. The Hall–Kier alpha value is -0.830. The summed E-state index contributed by atoms with van der Waals surface area (Å²) in [6.45, 7) is 2.33. The molecule has 1 aromatic heterocycles. The molecule has 1 heterocycles. The van der Waals surface area contributed by atoms with Crippen molar-refractivity contribution in [2.45, 2.75) is 70.4 Å². The van der Waals surface area contributed by atoms with Crippen LogP contribution in [-0.2, 0) is 13.5 Å². The SMILES string of the molecule is CCC1CCC(NC2CCCc3c2cnn3C)CC1. The van der Waals surface area contributed by atoms with Gasteiger partial charge in [0.25, 0.3) is 0 Å². The van der Waals surface area contributed by atoms with Gasteiger partial charge in [0.15, 0.2) is 0 Å². The molecule has 0 aromatic carbocycles. The lowest BCUT2D eigenvalue weighted by Gasteiger charge is -2.33. The van der Waals surface area contributed by atoms with Crippen LogP contribution in [0.5, 0.6) is 0 Å². The molecule has 0 spiro atoms. The van der Waals surface area contributed by atoms with E-state index in [-0.39, 0.29) is 0 Å². The Kier molecular flexibility index (Phi) is 3.92. The van der Waals surface area contributed by atoms with Crippen LogP contribution >= 0.6 is 0 Å². The van der Waals surface area contributed by atoms with Gasteiger partial charge in [-0.15, -0.1) is 0 Å². The molecule has 0 bridgehead atoms. The molecule has 2 aliphatic carbocycles. The molecule has 1 aromatic rings. The molecule has 3 rings (SSSR count). The molecule has 0 saturated heterocycles. The smallest absolute Gasteiger partial charge is 0.0540 e. The van der Waals surface area contributed by atoms with E-state index in [9.17, 15) is 0 Å². The van der Waals surface area contributed by atoms with Crippen LogP contribution in [0.3, 0.4) is 0 Å². The second kappa shape index (κ2) is 5.66. The van der Waals surface area contributed by atoms with Crippen LogP contribution in [0.15, 0.2) is 6.20 Å². The molecule has 1 N–H and O–H groups in total. The van der Waals surface area contributed by atoms with E-state index in [1.54, 1.807) is 0 Å². The van der Waals surface area contributed by atoms with E-state index < -0.39 is 0 Å². The van der Waals surface area contributed by atoms with Gasteiger partial charge < -0.3 is 5.32 Å². The molecular weight excluding hydrogens is 234 g/mol. The summed E-state index contributed by atoms with van der Waals surface area (Å²) < 4.78 is 2.07. The standard InChI is InChI=1S/C16H27N3/c1-3-12-7-9-13(10-8-12)18-15-5-4-6-16-14(15)11-17-19(16)2/h11-13,15,18H,3-10H2,1-2H3. The Balaban J connectivity index is 1.62. The van der Waals surface area contributed by atoms with Gasteiger partial charge in [-0.1, -0.05) is 13.3 Å². The maximum absolute atomic E-state index is 4.44. The van der Waals surface area contributed by atoms with Gasteiger partial charge in [0.05, 0.1) is 6.20 Å². The highest BCUT2D eigenvalue weighted by Crippen LogP contribution is 2.32. The van der Waals surface area contributed by atoms with Crippen LogP contribution < -0.4 is 5.32 Å². The van der Waals surface area contributed by atoms with Crippen molar-refractivity contribution < 1.29 is 0 Å². The third kappa shape index (κ3) is 2.71. The number of nitrogens with one attached hydrogen (secondary N) is 1. The van der Waals surface area contributed by atoms with Crippen LogP contribution in [-0.4, -0.2) is 15.8 Å². The number of nitrogens with zero attached hydrogens (tertiary/aromatic N) is 2. The summed E-state index contributed by atoms with van der Waals surface area (Å²) in [6.07, 6.45) is 12.8. The van der Waals surface area contributed by atoms with E-state index in [1.807, 2.05) is 0 Å². The van der Waals surface area contributed by atoms with Gasteiger partial charge in [0.1, 0.15) is 0 Å². The van der Waals surface area contributed by atoms with Crippen LogP contribution in [0.2, 0.25) is 0 Å². The Bertz CT molecular complexity index is 416. The average molecular weight is 261 g/mol. The highest BCUT2D eigenvalue weighted by Gasteiger charge is 2.27. The fraction of sp³-hybridized carbons (Fsp3) is 0.812. The number of hydrogen-bond acceptors (Lipinski definition) is 2. The van der Waals surface area contributed by atoms with Crippen molar-refractivity contribution in [2.24, 2.45) is 13.0 Å². The number of hydrogen-bond donors (Lipinski definition) is 1. The Morgan fingerprint density at radius 3 is 2.79 bits per heavy atom. The summed E-state index contributed by atoms with van der Waals surface area (Å²) in [4.78, 5) is 0. The second-order valence-corrected chi connectivity index (χ2v) is 6.41. The van der Waals surface area contributed by atoms with E-state index >= 15 is 0 Å². The molecule has 0 radical (unpaired) electrons. The minimum Gasteiger partial charge on any atom is -0.307 e. The van der Waals surface area contributed by atoms with E-state index in [0.29, 0.717) is 6.04 Å². The largest absolute Gasteiger partial charge is 0.307 e. The van der Waals surface area contributed by atoms with Gasteiger partial charge in [-0.25, -0.2) is 0 Å². The second-order valence-electron chi connectivity index (χ2n) is 6.41. The fourth-order valence-electron chi connectivity index (χ4n) is 3.90. The van der Waals surface area contributed by atoms with Crippen molar-refractivity contribution in [2.75, 3.05) is 0 Å². The van der Waals surface area contributed by atoms with Gasteiger partial charge in [-0.3, -0.25) is 4.68 Å². The number of fused-ring (bicyclic) bond motifs is 1. The maximum atomic E-state index is 4.44. The molecule has 1 atom stereocenters. The molecule has 3 heteroatoms. The number of aryl methyl sites for hydroxylation is 1. The van der Waals surface area contributed by atoms with E-state index in [2.05, 4.69) is 35.3 Å². The summed E-state index contributed by atoms with van der Waals surface area (Å²) >= 11 is 0. The van der Waals surface area contributed by atoms with Crippen molar-refractivity contribution in [1.82, 2.24) is 15.1 Å². The normalized spacial score (nSPS) is 31.2. The zero-order valence-electron chi connectivity index (χ0n) is 12.4. The first-order valence-electron chi connectivity index (χ1n) is 8.04. The first-order chi connectivity index (χ1) is 9.28. The third-order valence-corrected chi connectivity index (χ3v) is 5.24. The highest BCUT2D eigenvalue weighted by molar-refractivity contribution is 5.24. The zero-order chi connectivity index (χ0) is 13.2. The molecule has 1 unspecified atom stereocenters. The molecule has 19 heavy (non-hydrogen) atoms. The quantitative estimate of drug-likeness (QED) is 0.904. The molecular formula is C16H27N3. The lowest BCUT2D eigenvalue weighted by molar-refractivity contribution is 0.261. The molecule has 3 nitrogen and oxygen atoms in total. The van der Waals surface area contributed by atoms with E-state index in [4.69, 9.17) is 0 Å².